The maximum Gasteiger partial charge on any atom is 0.326 e. The summed E-state index contributed by atoms with van der Waals surface area (Å²) in [4.78, 5) is 12.9. The van der Waals surface area contributed by atoms with Crippen LogP contribution in [-0.4, -0.2) is 31.3 Å². The highest BCUT2D eigenvalue weighted by Crippen LogP contribution is 2.36. The lowest BCUT2D eigenvalue weighted by molar-refractivity contribution is -0.138. The number of hydrogen-bond donors (Lipinski definition) is 1. The van der Waals surface area contributed by atoms with Crippen molar-refractivity contribution in [3.05, 3.63) is 23.3 Å². The molecule has 2 rings (SSSR count). The van der Waals surface area contributed by atoms with Gasteiger partial charge in [-0.15, -0.1) is 0 Å². The summed E-state index contributed by atoms with van der Waals surface area (Å²) in [6.45, 7) is 1.97. The van der Waals surface area contributed by atoms with Gasteiger partial charge in [0.1, 0.15) is 11.8 Å². The Kier molecular flexibility index (Phi) is 2.50. The monoisotopic (exact) mass is 221 g/mol. The zero-order chi connectivity index (χ0) is 11.9. The third-order valence-electron chi connectivity index (χ3n) is 3.11. The molecule has 86 valence electrons. The first kappa shape index (κ1) is 10.8. The van der Waals surface area contributed by atoms with Gasteiger partial charge in [-0.2, -0.15) is 0 Å². The summed E-state index contributed by atoms with van der Waals surface area (Å²) in [5.74, 6) is 0.00718. The highest BCUT2D eigenvalue weighted by Gasteiger charge is 2.33. The minimum atomic E-state index is -0.780. The van der Waals surface area contributed by atoms with E-state index in [1.807, 2.05) is 31.0 Å². The third kappa shape index (κ3) is 1.50. The minimum Gasteiger partial charge on any atom is -0.497 e. The van der Waals surface area contributed by atoms with Gasteiger partial charge in [0.05, 0.1) is 7.11 Å². The number of carboxylic acid groups (broad SMARTS) is 1. The number of likely N-dealkylation sites (N-methyl/N-ethyl adjacent to an activating group) is 1. The van der Waals surface area contributed by atoms with E-state index in [9.17, 15) is 4.79 Å². The number of ether oxygens (including phenoxy) is 1. The Morgan fingerprint density at radius 1 is 1.56 bits per heavy atom. The fourth-order valence-electron chi connectivity index (χ4n) is 2.35. The van der Waals surface area contributed by atoms with Gasteiger partial charge in [0.15, 0.2) is 0 Å². The number of fused-ring (bicyclic) bond motifs is 1. The second-order valence-electron chi connectivity index (χ2n) is 4.12. The Morgan fingerprint density at radius 2 is 2.25 bits per heavy atom. The van der Waals surface area contributed by atoms with Gasteiger partial charge >= 0.3 is 5.97 Å². The van der Waals surface area contributed by atoms with Crippen LogP contribution in [0.2, 0.25) is 0 Å². The maximum atomic E-state index is 11.1. The molecule has 1 aromatic carbocycles. The van der Waals surface area contributed by atoms with Gasteiger partial charge in [0.25, 0.3) is 0 Å². The van der Waals surface area contributed by atoms with E-state index in [0.717, 1.165) is 22.6 Å². The molecular weight excluding hydrogens is 206 g/mol. The molecule has 0 amide bonds. The number of carbonyl (C=O) groups is 1. The Balaban J connectivity index is 2.47. The van der Waals surface area contributed by atoms with Gasteiger partial charge in [0, 0.05) is 19.2 Å². The molecule has 0 aromatic heterocycles. The van der Waals surface area contributed by atoms with Crippen molar-refractivity contribution in [2.45, 2.75) is 19.4 Å². The Hall–Kier alpha value is -1.71. The molecule has 1 unspecified atom stereocenters. The number of methoxy groups -OCH3 is 1. The van der Waals surface area contributed by atoms with Crippen LogP contribution in [0.5, 0.6) is 5.75 Å². The summed E-state index contributed by atoms with van der Waals surface area (Å²) in [5.41, 5.74) is 3.13. The van der Waals surface area contributed by atoms with Gasteiger partial charge in [-0.1, -0.05) is 0 Å². The summed E-state index contributed by atoms with van der Waals surface area (Å²) >= 11 is 0. The summed E-state index contributed by atoms with van der Waals surface area (Å²) in [6.07, 6.45) is 0.541. The fraction of sp³-hybridized carbons (Fsp3) is 0.417. The van der Waals surface area contributed by atoms with E-state index in [1.54, 1.807) is 7.11 Å². The lowest BCUT2D eigenvalue weighted by Gasteiger charge is -2.20. The number of hydrogen-bond acceptors (Lipinski definition) is 3. The number of aryl methyl sites for hydroxylation is 1. The molecule has 16 heavy (non-hydrogen) atoms. The van der Waals surface area contributed by atoms with Crippen LogP contribution in [0, 0.1) is 6.92 Å². The second kappa shape index (κ2) is 3.70. The summed E-state index contributed by atoms with van der Waals surface area (Å²) in [5, 5.41) is 9.10. The van der Waals surface area contributed by atoms with Crippen LogP contribution >= 0.6 is 0 Å². The van der Waals surface area contributed by atoms with Crippen LogP contribution in [0.25, 0.3) is 0 Å². The molecule has 0 radical (unpaired) electrons. The largest absolute Gasteiger partial charge is 0.497 e. The van der Waals surface area contributed by atoms with E-state index in [1.165, 1.54) is 0 Å². The molecule has 0 saturated carbocycles. The predicted molar refractivity (Wildman–Crippen MR) is 61.3 cm³/mol. The summed E-state index contributed by atoms with van der Waals surface area (Å²) < 4.78 is 5.19. The number of rotatable bonds is 2. The van der Waals surface area contributed by atoms with E-state index in [4.69, 9.17) is 9.84 Å². The second-order valence-corrected chi connectivity index (χ2v) is 4.12. The van der Waals surface area contributed by atoms with Crippen molar-refractivity contribution in [3.63, 3.8) is 0 Å². The van der Waals surface area contributed by atoms with E-state index < -0.39 is 12.0 Å². The lowest BCUT2D eigenvalue weighted by Crippen LogP contribution is -2.35. The van der Waals surface area contributed by atoms with Gasteiger partial charge in [-0.05, 0) is 30.2 Å². The van der Waals surface area contributed by atoms with Crippen molar-refractivity contribution in [2.24, 2.45) is 0 Å². The molecule has 0 aliphatic carbocycles. The standard InChI is InChI=1S/C12H15NO3/c1-7-4-9(16-3)5-8-6-10(12(14)15)13(2)11(7)8/h4-5,10H,6H2,1-3H3,(H,14,15). The van der Waals surface area contributed by atoms with Crippen LogP contribution in [-0.2, 0) is 11.2 Å². The molecule has 1 heterocycles. The molecule has 0 fully saturated rings. The van der Waals surface area contributed by atoms with Crippen molar-refractivity contribution >= 4 is 11.7 Å². The summed E-state index contributed by atoms with van der Waals surface area (Å²) in [7, 11) is 3.44. The van der Waals surface area contributed by atoms with E-state index in [-0.39, 0.29) is 0 Å². The predicted octanol–water partition coefficient (Wildman–Crippen LogP) is 1.45. The number of aliphatic carboxylic acids is 1. The average molecular weight is 221 g/mol. The van der Waals surface area contributed by atoms with Gasteiger partial charge in [-0.3, -0.25) is 0 Å². The van der Waals surface area contributed by atoms with Crippen LogP contribution in [0.1, 0.15) is 11.1 Å². The van der Waals surface area contributed by atoms with Crippen molar-refractivity contribution < 1.29 is 14.6 Å². The first-order valence-electron chi connectivity index (χ1n) is 5.17. The van der Waals surface area contributed by atoms with E-state index in [2.05, 4.69) is 0 Å². The van der Waals surface area contributed by atoms with Crippen LogP contribution in [0.3, 0.4) is 0 Å². The summed E-state index contributed by atoms with van der Waals surface area (Å²) in [6, 6.07) is 3.39. The fourth-order valence-corrected chi connectivity index (χ4v) is 2.35. The molecule has 0 spiro atoms. The smallest absolute Gasteiger partial charge is 0.326 e. The minimum absolute atomic E-state index is 0.458. The topological polar surface area (TPSA) is 49.8 Å². The van der Waals surface area contributed by atoms with Gasteiger partial charge < -0.3 is 14.7 Å². The first-order chi connectivity index (χ1) is 7.54. The van der Waals surface area contributed by atoms with Crippen molar-refractivity contribution in [2.75, 3.05) is 19.1 Å². The molecule has 4 heteroatoms. The number of benzene rings is 1. The van der Waals surface area contributed by atoms with Crippen LogP contribution in [0.4, 0.5) is 5.69 Å². The van der Waals surface area contributed by atoms with E-state index >= 15 is 0 Å². The third-order valence-corrected chi connectivity index (χ3v) is 3.11. The van der Waals surface area contributed by atoms with Gasteiger partial charge in [0.2, 0.25) is 0 Å². The first-order valence-corrected chi connectivity index (χ1v) is 5.17. The number of anilines is 1. The van der Waals surface area contributed by atoms with Crippen molar-refractivity contribution in [1.29, 1.82) is 0 Å². The maximum absolute atomic E-state index is 11.1. The normalized spacial score (nSPS) is 18.4. The zero-order valence-electron chi connectivity index (χ0n) is 9.65. The number of nitrogens with zero attached hydrogens (tertiary/aromatic N) is 1. The van der Waals surface area contributed by atoms with Gasteiger partial charge in [-0.25, -0.2) is 4.79 Å². The highest BCUT2D eigenvalue weighted by molar-refractivity contribution is 5.83. The molecule has 1 aromatic rings. The number of carboxylic acids is 1. The molecule has 1 aliphatic heterocycles. The molecule has 1 aliphatic rings. The SMILES string of the molecule is COc1cc(C)c2c(c1)CC(C(=O)O)N2C. The highest BCUT2D eigenvalue weighted by atomic mass is 16.5. The lowest BCUT2D eigenvalue weighted by atomic mass is 10.1. The van der Waals surface area contributed by atoms with Crippen LogP contribution in [0.15, 0.2) is 12.1 Å². The van der Waals surface area contributed by atoms with Crippen molar-refractivity contribution in [3.8, 4) is 5.75 Å². The Morgan fingerprint density at radius 3 is 2.81 bits per heavy atom. The molecule has 4 nitrogen and oxygen atoms in total. The molecule has 1 atom stereocenters. The van der Waals surface area contributed by atoms with E-state index in [0.29, 0.717) is 6.42 Å². The van der Waals surface area contributed by atoms with Crippen LogP contribution < -0.4 is 9.64 Å². The Bertz CT molecular complexity index is 442. The average Bonchev–Trinajstić information content (AvgIpc) is 2.56. The molecular formula is C12H15NO3. The Labute approximate surface area is 94.4 Å². The quantitative estimate of drug-likeness (QED) is 0.821. The molecule has 1 N–H and O–H groups in total. The molecule has 0 bridgehead atoms. The van der Waals surface area contributed by atoms with Crippen molar-refractivity contribution in [1.82, 2.24) is 0 Å². The zero-order valence-corrected chi connectivity index (χ0v) is 9.65. The molecule has 0 saturated heterocycles.